The van der Waals surface area contributed by atoms with Gasteiger partial charge in [0.25, 0.3) is 0 Å². The molecule has 1 aliphatic carbocycles. The normalized spacial score (nSPS) is 15.1. The van der Waals surface area contributed by atoms with E-state index in [1.807, 2.05) is 17.4 Å². The van der Waals surface area contributed by atoms with Crippen LogP contribution in [0.3, 0.4) is 0 Å². The Bertz CT molecular complexity index is 2740. The van der Waals surface area contributed by atoms with Gasteiger partial charge >= 0.3 is 0 Å². The zero-order chi connectivity index (χ0) is 31.0. The van der Waals surface area contributed by atoms with Crippen molar-refractivity contribution in [3.63, 3.8) is 0 Å². The maximum absolute atomic E-state index is 3.88. The lowest BCUT2D eigenvalue weighted by atomic mass is 9.73. The van der Waals surface area contributed by atoms with Crippen LogP contribution >= 0.6 is 11.3 Å². The van der Waals surface area contributed by atoms with E-state index in [9.17, 15) is 0 Å². The predicted molar refractivity (Wildman–Crippen MR) is 199 cm³/mol. The van der Waals surface area contributed by atoms with Gasteiger partial charge in [-0.3, -0.25) is 0 Å². The van der Waals surface area contributed by atoms with Crippen LogP contribution in [0.1, 0.15) is 22.3 Å². The Labute approximate surface area is 277 Å². The number of nitrogens with zero attached hydrogens (tertiary/aromatic N) is 1. The minimum atomic E-state index is -0.634. The molecule has 7 aromatic carbocycles. The summed E-state index contributed by atoms with van der Waals surface area (Å²) in [6, 6.07) is 59.3. The molecule has 0 amide bonds. The highest BCUT2D eigenvalue weighted by Crippen LogP contribution is 2.53. The van der Waals surface area contributed by atoms with Crippen LogP contribution in [-0.2, 0) is 5.41 Å². The average Bonchev–Trinajstić information content (AvgIpc) is 3.78. The molecular weight excluding hydrogens is 587 g/mol. The first-order chi connectivity index (χ1) is 23.3. The van der Waals surface area contributed by atoms with E-state index < -0.39 is 5.41 Å². The topological polar surface area (TPSA) is 4.93 Å². The summed E-state index contributed by atoms with van der Waals surface area (Å²) >= 11 is 1.89. The largest absolute Gasteiger partial charge is 0.308 e. The number of benzene rings is 7. The minimum absolute atomic E-state index is 0.634. The van der Waals surface area contributed by atoms with Crippen LogP contribution in [0.4, 0.5) is 0 Å². The standard InChI is InChI=1S/C45H27NS/c1-3-13-30(14-4-1)27-28-45(31-15-5-2-6-16-31)39-20-10-7-17-33(39)34-24-23-32(29-40(34)45)46-41-21-11-8-18-35(41)37-25-26-38-36-19-9-12-22-42(36)47-44(38)43(37)46/h1-26,29H. The first-order valence-corrected chi connectivity index (χ1v) is 16.8. The lowest BCUT2D eigenvalue weighted by Crippen LogP contribution is -2.25. The monoisotopic (exact) mass is 613 g/mol. The average molecular weight is 614 g/mol. The summed E-state index contributed by atoms with van der Waals surface area (Å²) in [6.07, 6.45) is 0. The number of hydrogen-bond acceptors (Lipinski definition) is 1. The highest BCUT2D eigenvalue weighted by atomic mass is 32.1. The first kappa shape index (κ1) is 26.3. The molecule has 0 aliphatic heterocycles. The summed E-state index contributed by atoms with van der Waals surface area (Å²) in [5.74, 6) is 7.48. The van der Waals surface area contributed by atoms with Crippen molar-refractivity contribution in [2.75, 3.05) is 0 Å². The summed E-state index contributed by atoms with van der Waals surface area (Å²) in [4.78, 5) is 0. The highest BCUT2D eigenvalue weighted by molar-refractivity contribution is 7.26. The number of thiophene rings is 1. The molecule has 1 atom stereocenters. The van der Waals surface area contributed by atoms with E-state index in [1.54, 1.807) is 0 Å². The molecule has 0 radical (unpaired) electrons. The molecule has 1 nitrogen and oxygen atoms in total. The fourth-order valence-corrected chi connectivity index (χ4v) is 9.04. The summed E-state index contributed by atoms with van der Waals surface area (Å²) in [5.41, 5.74) is 10.1. The summed E-state index contributed by atoms with van der Waals surface area (Å²) in [6.45, 7) is 0. The third kappa shape index (κ3) is 3.72. The van der Waals surface area contributed by atoms with Crippen LogP contribution in [0, 0.1) is 11.8 Å². The van der Waals surface area contributed by atoms with Crippen LogP contribution in [0.2, 0.25) is 0 Å². The van der Waals surface area contributed by atoms with Crippen LogP contribution < -0.4 is 0 Å². The predicted octanol–water partition coefficient (Wildman–Crippen LogP) is 11.5. The second-order valence-corrected chi connectivity index (χ2v) is 13.3. The second kappa shape index (κ2) is 10.1. The summed E-state index contributed by atoms with van der Waals surface area (Å²) in [5, 5.41) is 5.17. The van der Waals surface area contributed by atoms with Gasteiger partial charge in [-0.2, -0.15) is 0 Å². The Balaban J connectivity index is 1.32. The van der Waals surface area contributed by atoms with E-state index in [2.05, 4.69) is 174 Å². The molecule has 0 spiro atoms. The van der Waals surface area contributed by atoms with E-state index >= 15 is 0 Å². The molecule has 218 valence electrons. The van der Waals surface area contributed by atoms with Gasteiger partial charge in [-0.15, -0.1) is 11.3 Å². The van der Waals surface area contributed by atoms with E-state index in [4.69, 9.17) is 0 Å². The molecule has 0 saturated heterocycles. The Morgan fingerprint density at radius 1 is 0.511 bits per heavy atom. The number of fused-ring (bicyclic) bond motifs is 10. The molecule has 47 heavy (non-hydrogen) atoms. The molecule has 0 saturated carbocycles. The fourth-order valence-electron chi connectivity index (χ4n) is 7.80. The lowest BCUT2D eigenvalue weighted by Gasteiger charge is -2.28. The van der Waals surface area contributed by atoms with Gasteiger partial charge in [0.05, 0.1) is 15.7 Å². The van der Waals surface area contributed by atoms with Crippen molar-refractivity contribution < 1.29 is 0 Å². The number of hydrogen-bond donors (Lipinski definition) is 0. The molecule has 0 N–H and O–H groups in total. The van der Waals surface area contributed by atoms with Gasteiger partial charge < -0.3 is 4.57 Å². The lowest BCUT2D eigenvalue weighted by molar-refractivity contribution is 0.835. The number of para-hydroxylation sites is 1. The Morgan fingerprint density at radius 3 is 2.06 bits per heavy atom. The molecule has 1 aliphatic rings. The van der Waals surface area contributed by atoms with Crippen molar-refractivity contribution in [1.29, 1.82) is 0 Å². The van der Waals surface area contributed by atoms with Crippen molar-refractivity contribution in [3.05, 3.63) is 186 Å². The van der Waals surface area contributed by atoms with Gasteiger partial charge in [0.1, 0.15) is 5.41 Å². The Kier molecular flexibility index (Phi) is 5.64. The van der Waals surface area contributed by atoms with E-state index in [0.717, 1.165) is 11.3 Å². The van der Waals surface area contributed by atoms with E-state index in [1.165, 1.54) is 69.8 Å². The summed E-state index contributed by atoms with van der Waals surface area (Å²) < 4.78 is 5.13. The van der Waals surface area contributed by atoms with Gasteiger partial charge in [0.15, 0.2) is 0 Å². The van der Waals surface area contributed by atoms with Crippen LogP contribution in [0.25, 0.3) is 58.8 Å². The summed E-state index contributed by atoms with van der Waals surface area (Å²) in [7, 11) is 0. The fraction of sp³-hybridized carbons (Fsp3) is 0.0222. The number of rotatable bonds is 2. The van der Waals surface area contributed by atoms with Crippen molar-refractivity contribution in [3.8, 4) is 28.7 Å². The third-order valence-corrected chi connectivity index (χ3v) is 11.0. The molecule has 0 bridgehead atoms. The molecule has 2 heteroatoms. The molecular formula is C45H27NS. The molecule has 1 unspecified atom stereocenters. The highest BCUT2D eigenvalue weighted by Gasteiger charge is 2.44. The van der Waals surface area contributed by atoms with Crippen molar-refractivity contribution in [2.45, 2.75) is 5.41 Å². The van der Waals surface area contributed by atoms with Crippen molar-refractivity contribution in [1.82, 2.24) is 4.57 Å². The Hall–Kier alpha value is -5.88. The van der Waals surface area contributed by atoms with Gasteiger partial charge in [0.2, 0.25) is 0 Å². The molecule has 9 aromatic rings. The van der Waals surface area contributed by atoms with Crippen LogP contribution in [-0.4, -0.2) is 4.57 Å². The third-order valence-electron chi connectivity index (χ3n) is 9.84. The van der Waals surface area contributed by atoms with Gasteiger partial charge in [0, 0.05) is 37.5 Å². The molecule has 10 rings (SSSR count). The van der Waals surface area contributed by atoms with E-state index in [-0.39, 0.29) is 0 Å². The molecule has 2 heterocycles. The quantitative estimate of drug-likeness (QED) is 0.171. The second-order valence-electron chi connectivity index (χ2n) is 12.3. The maximum atomic E-state index is 3.88. The zero-order valence-corrected chi connectivity index (χ0v) is 26.3. The zero-order valence-electron chi connectivity index (χ0n) is 25.4. The molecule has 0 fully saturated rings. The SMILES string of the molecule is C(#CC1(c2ccccc2)c2ccccc2-c2ccc(-n3c4ccccc4c4ccc5c6ccccc6sc5c43)cc21)c1ccccc1. The van der Waals surface area contributed by atoms with Gasteiger partial charge in [-0.1, -0.05) is 139 Å². The van der Waals surface area contributed by atoms with Crippen LogP contribution in [0.15, 0.2) is 164 Å². The Morgan fingerprint density at radius 2 is 1.19 bits per heavy atom. The van der Waals surface area contributed by atoms with Crippen molar-refractivity contribution in [2.24, 2.45) is 0 Å². The van der Waals surface area contributed by atoms with Gasteiger partial charge in [-0.05, 0) is 64.2 Å². The number of aromatic nitrogens is 1. The minimum Gasteiger partial charge on any atom is -0.308 e. The maximum Gasteiger partial charge on any atom is 0.108 e. The first-order valence-electron chi connectivity index (χ1n) is 16.0. The van der Waals surface area contributed by atoms with E-state index in [0.29, 0.717) is 0 Å². The van der Waals surface area contributed by atoms with Gasteiger partial charge in [-0.25, -0.2) is 0 Å². The van der Waals surface area contributed by atoms with Crippen LogP contribution in [0.5, 0.6) is 0 Å². The smallest absolute Gasteiger partial charge is 0.108 e. The van der Waals surface area contributed by atoms with Crippen molar-refractivity contribution >= 4 is 53.3 Å². The molecule has 2 aromatic heterocycles.